The molecule has 0 fully saturated rings. The van der Waals surface area contributed by atoms with Crippen LogP contribution in [0.3, 0.4) is 0 Å². The molecule has 1 unspecified atom stereocenters. The maximum atomic E-state index is 5.79. The normalized spacial score (nSPS) is 12.5. The second-order valence-corrected chi connectivity index (χ2v) is 4.07. The van der Waals surface area contributed by atoms with Gasteiger partial charge < -0.3 is 4.74 Å². The molecule has 1 heterocycles. The fourth-order valence-corrected chi connectivity index (χ4v) is 1.66. The number of aromatic nitrogens is 1. The molecule has 0 amide bonds. The van der Waals surface area contributed by atoms with Crippen molar-refractivity contribution in [2.24, 2.45) is 5.92 Å². The highest BCUT2D eigenvalue weighted by Crippen LogP contribution is 2.17. The Hall–Kier alpha value is -0.760. The smallest absolute Gasteiger partial charge is 0.217 e. The van der Waals surface area contributed by atoms with Crippen LogP contribution < -0.4 is 4.74 Å². The summed E-state index contributed by atoms with van der Waals surface area (Å²) >= 11 is 5.79. The summed E-state index contributed by atoms with van der Waals surface area (Å²) in [7, 11) is 0. The summed E-state index contributed by atoms with van der Waals surface area (Å²) in [5, 5.41) is 0. The average Bonchev–Trinajstić information content (AvgIpc) is 2.27. The number of alkyl halides is 1. The van der Waals surface area contributed by atoms with Gasteiger partial charge in [-0.05, 0) is 18.4 Å². The minimum Gasteiger partial charge on any atom is -0.477 e. The third-order valence-corrected chi connectivity index (χ3v) is 2.57. The van der Waals surface area contributed by atoms with E-state index in [4.69, 9.17) is 16.3 Å². The molecule has 0 spiro atoms. The van der Waals surface area contributed by atoms with Crippen molar-refractivity contribution in [1.29, 1.82) is 0 Å². The molecule has 15 heavy (non-hydrogen) atoms. The van der Waals surface area contributed by atoms with Gasteiger partial charge in [0.25, 0.3) is 0 Å². The van der Waals surface area contributed by atoms with E-state index in [0.717, 1.165) is 12.2 Å². The van der Waals surface area contributed by atoms with E-state index >= 15 is 0 Å². The first-order valence-corrected chi connectivity index (χ1v) is 5.94. The molecule has 0 radical (unpaired) electrons. The van der Waals surface area contributed by atoms with Crippen LogP contribution >= 0.6 is 11.6 Å². The zero-order valence-electron chi connectivity index (χ0n) is 9.37. The lowest BCUT2D eigenvalue weighted by Crippen LogP contribution is -2.10. The van der Waals surface area contributed by atoms with Gasteiger partial charge in [0.1, 0.15) is 0 Å². The van der Waals surface area contributed by atoms with Crippen molar-refractivity contribution in [2.45, 2.75) is 32.6 Å². The predicted molar refractivity (Wildman–Crippen MR) is 63.4 cm³/mol. The van der Waals surface area contributed by atoms with Gasteiger partial charge in [-0.15, -0.1) is 11.6 Å². The SMILES string of the molecule is CCCC(C)COc1ncccc1CCl. The van der Waals surface area contributed by atoms with Gasteiger partial charge in [-0.3, -0.25) is 0 Å². The zero-order chi connectivity index (χ0) is 11.1. The van der Waals surface area contributed by atoms with Crippen LogP contribution in [0.5, 0.6) is 5.88 Å². The Morgan fingerprint density at radius 1 is 1.53 bits per heavy atom. The number of halogens is 1. The van der Waals surface area contributed by atoms with Crippen molar-refractivity contribution >= 4 is 11.6 Å². The molecule has 0 aliphatic heterocycles. The van der Waals surface area contributed by atoms with Crippen LogP contribution in [0.25, 0.3) is 0 Å². The first-order valence-electron chi connectivity index (χ1n) is 5.40. The maximum Gasteiger partial charge on any atom is 0.217 e. The molecule has 0 bridgehead atoms. The number of nitrogens with zero attached hydrogens (tertiary/aromatic N) is 1. The third-order valence-electron chi connectivity index (χ3n) is 2.28. The van der Waals surface area contributed by atoms with Crippen LogP contribution in [0.4, 0.5) is 0 Å². The summed E-state index contributed by atoms with van der Waals surface area (Å²) in [5.74, 6) is 1.70. The van der Waals surface area contributed by atoms with Gasteiger partial charge in [0.05, 0.1) is 12.5 Å². The molecule has 0 saturated carbocycles. The van der Waals surface area contributed by atoms with E-state index in [-0.39, 0.29) is 0 Å². The number of hydrogen-bond donors (Lipinski definition) is 0. The predicted octanol–water partition coefficient (Wildman–Crippen LogP) is 3.64. The van der Waals surface area contributed by atoms with Gasteiger partial charge in [-0.1, -0.05) is 26.3 Å². The molecular weight excluding hydrogens is 210 g/mol. The van der Waals surface area contributed by atoms with Crippen LogP contribution in [0, 0.1) is 5.92 Å². The highest BCUT2D eigenvalue weighted by atomic mass is 35.5. The van der Waals surface area contributed by atoms with Gasteiger partial charge in [0, 0.05) is 11.8 Å². The maximum absolute atomic E-state index is 5.79. The van der Waals surface area contributed by atoms with E-state index in [9.17, 15) is 0 Å². The van der Waals surface area contributed by atoms with Crippen LogP contribution in [-0.4, -0.2) is 11.6 Å². The summed E-state index contributed by atoms with van der Waals surface area (Å²) in [6.07, 6.45) is 4.11. The molecule has 3 heteroatoms. The first kappa shape index (κ1) is 12.3. The Morgan fingerprint density at radius 3 is 3.00 bits per heavy atom. The molecular formula is C12H18ClNO. The molecule has 0 N–H and O–H groups in total. The number of ether oxygens (including phenoxy) is 1. The van der Waals surface area contributed by atoms with E-state index in [1.165, 1.54) is 12.8 Å². The second-order valence-electron chi connectivity index (χ2n) is 3.81. The van der Waals surface area contributed by atoms with Gasteiger partial charge in [0.15, 0.2) is 0 Å². The molecule has 0 aliphatic carbocycles. The van der Waals surface area contributed by atoms with Gasteiger partial charge in [-0.2, -0.15) is 0 Å². The van der Waals surface area contributed by atoms with Crippen molar-refractivity contribution in [1.82, 2.24) is 4.98 Å². The van der Waals surface area contributed by atoms with Gasteiger partial charge in [0.2, 0.25) is 5.88 Å². The van der Waals surface area contributed by atoms with Crippen LogP contribution in [-0.2, 0) is 5.88 Å². The Kier molecular flexibility index (Phi) is 5.48. The van der Waals surface area contributed by atoms with Crippen LogP contribution in [0.2, 0.25) is 0 Å². The van der Waals surface area contributed by atoms with E-state index in [2.05, 4.69) is 18.8 Å². The Balaban J connectivity index is 2.49. The summed E-state index contributed by atoms with van der Waals surface area (Å²) in [4.78, 5) is 4.17. The van der Waals surface area contributed by atoms with Gasteiger partial charge >= 0.3 is 0 Å². The number of pyridine rings is 1. The van der Waals surface area contributed by atoms with Crippen molar-refractivity contribution in [3.05, 3.63) is 23.9 Å². The first-order chi connectivity index (χ1) is 7.27. The molecule has 0 saturated heterocycles. The summed E-state index contributed by atoms with van der Waals surface area (Å²) < 4.78 is 5.65. The molecule has 1 atom stereocenters. The lowest BCUT2D eigenvalue weighted by atomic mass is 10.1. The highest BCUT2D eigenvalue weighted by Gasteiger charge is 2.06. The largest absolute Gasteiger partial charge is 0.477 e. The third kappa shape index (κ3) is 4.08. The fraction of sp³-hybridized carbons (Fsp3) is 0.583. The minimum absolute atomic E-state index is 0.450. The molecule has 0 aromatic carbocycles. The van der Waals surface area contributed by atoms with Crippen molar-refractivity contribution < 1.29 is 4.74 Å². The highest BCUT2D eigenvalue weighted by molar-refractivity contribution is 6.17. The summed E-state index contributed by atoms with van der Waals surface area (Å²) in [6, 6.07) is 3.82. The minimum atomic E-state index is 0.450. The lowest BCUT2D eigenvalue weighted by Gasteiger charge is -2.12. The van der Waals surface area contributed by atoms with E-state index in [1.807, 2.05) is 12.1 Å². The van der Waals surface area contributed by atoms with E-state index in [1.54, 1.807) is 6.20 Å². The Bertz CT molecular complexity index is 291. The zero-order valence-corrected chi connectivity index (χ0v) is 10.1. The number of rotatable bonds is 6. The fourth-order valence-electron chi connectivity index (χ4n) is 1.45. The molecule has 0 aliphatic rings. The molecule has 1 aromatic heterocycles. The topological polar surface area (TPSA) is 22.1 Å². The molecule has 1 rings (SSSR count). The molecule has 84 valence electrons. The molecule has 1 aromatic rings. The summed E-state index contributed by atoms with van der Waals surface area (Å²) in [5.41, 5.74) is 0.961. The van der Waals surface area contributed by atoms with Crippen LogP contribution in [0.1, 0.15) is 32.3 Å². The van der Waals surface area contributed by atoms with Crippen LogP contribution in [0.15, 0.2) is 18.3 Å². The monoisotopic (exact) mass is 227 g/mol. The standard InChI is InChI=1S/C12H18ClNO/c1-3-5-10(2)9-15-12-11(8-13)6-4-7-14-12/h4,6-7,10H,3,5,8-9H2,1-2H3. The second kappa shape index (κ2) is 6.67. The van der Waals surface area contributed by atoms with Crippen molar-refractivity contribution in [3.63, 3.8) is 0 Å². The van der Waals surface area contributed by atoms with Crippen molar-refractivity contribution in [3.8, 4) is 5.88 Å². The molecule has 2 nitrogen and oxygen atoms in total. The van der Waals surface area contributed by atoms with E-state index < -0.39 is 0 Å². The lowest BCUT2D eigenvalue weighted by molar-refractivity contribution is 0.241. The quantitative estimate of drug-likeness (QED) is 0.693. The van der Waals surface area contributed by atoms with Crippen molar-refractivity contribution in [2.75, 3.05) is 6.61 Å². The Labute approximate surface area is 96.6 Å². The average molecular weight is 228 g/mol. The summed E-state index contributed by atoms with van der Waals surface area (Å²) in [6.45, 7) is 5.09. The number of hydrogen-bond acceptors (Lipinski definition) is 2. The van der Waals surface area contributed by atoms with Gasteiger partial charge in [-0.25, -0.2) is 4.98 Å². The van der Waals surface area contributed by atoms with E-state index in [0.29, 0.717) is 17.7 Å². The Morgan fingerprint density at radius 2 is 2.33 bits per heavy atom.